The first kappa shape index (κ1) is 10.5. The van der Waals surface area contributed by atoms with Crippen LogP contribution in [0.2, 0.25) is 0 Å². The Labute approximate surface area is 103 Å². The highest BCUT2D eigenvalue weighted by Crippen LogP contribution is 2.28. The number of benzene rings is 1. The predicted octanol–water partition coefficient (Wildman–Crippen LogP) is 1.46. The molecule has 1 aromatic carbocycles. The number of nitrogens with two attached hydrogens (primary N) is 1. The van der Waals surface area contributed by atoms with Gasteiger partial charge in [0, 0.05) is 11.9 Å². The molecule has 2 N–H and O–H groups in total. The van der Waals surface area contributed by atoms with Crippen LogP contribution >= 0.6 is 0 Å². The molecule has 0 saturated heterocycles. The van der Waals surface area contributed by atoms with Crippen LogP contribution < -0.4 is 10.6 Å². The minimum Gasteiger partial charge on any atom is -0.399 e. The van der Waals surface area contributed by atoms with Crippen LogP contribution in [0.4, 0.5) is 11.4 Å². The molecule has 0 atom stereocenters. The number of hydrogen-bond acceptors (Lipinski definition) is 4. The highest BCUT2D eigenvalue weighted by atomic mass is 16.2. The van der Waals surface area contributed by atoms with Gasteiger partial charge in [0.25, 0.3) is 11.8 Å². The van der Waals surface area contributed by atoms with Crippen LogP contribution in [0.25, 0.3) is 0 Å². The molecule has 0 bridgehead atoms. The summed E-state index contributed by atoms with van der Waals surface area (Å²) >= 11 is 0. The van der Waals surface area contributed by atoms with Gasteiger partial charge in [0.05, 0.1) is 23.0 Å². The lowest BCUT2D eigenvalue weighted by Gasteiger charge is -2.12. The van der Waals surface area contributed by atoms with Crippen molar-refractivity contribution in [1.82, 2.24) is 4.98 Å². The minimum absolute atomic E-state index is 0.337. The molecule has 0 spiro atoms. The summed E-state index contributed by atoms with van der Waals surface area (Å²) in [6.07, 6.45) is 3.06. The minimum atomic E-state index is -0.365. The fraction of sp³-hybridized carbons (Fsp3) is 0. The Hall–Kier alpha value is -2.69. The van der Waals surface area contributed by atoms with E-state index in [0.717, 1.165) is 4.90 Å². The Morgan fingerprint density at radius 2 is 1.83 bits per heavy atom. The second-order valence-electron chi connectivity index (χ2n) is 3.96. The van der Waals surface area contributed by atoms with Gasteiger partial charge in [0.1, 0.15) is 0 Å². The van der Waals surface area contributed by atoms with Crippen LogP contribution in [0.5, 0.6) is 0 Å². The quantitative estimate of drug-likeness (QED) is 0.603. The highest BCUT2D eigenvalue weighted by Gasteiger charge is 2.36. The van der Waals surface area contributed by atoms with Crippen molar-refractivity contribution in [2.75, 3.05) is 10.6 Å². The van der Waals surface area contributed by atoms with E-state index in [1.807, 2.05) is 0 Å². The number of aromatic nitrogens is 1. The van der Waals surface area contributed by atoms with E-state index >= 15 is 0 Å². The first-order valence-electron chi connectivity index (χ1n) is 5.37. The molecule has 1 aliphatic rings. The number of nitrogen functional groups attached to an aromatic ring is 1. The number of fused-ring (bicyclic) bond motifs is 1. The maximum atomic E-state index is 12.2. The van der Waals surface area contributed by atoms with E-state index in [2.05, 4.69) is 4.98 Å². The summed E-state index contributed by atoms with van der Waals surface area (Å²) in [5.41, 5.74) is 7.26. The van der Waals surface area contributed by atoms with Crippen molar-refractivity contribution >= 4 is 23.2 Å². The van der Waals surface area contributed by atoms with Gasteiger partial charge in [0.15, 0.2) is 0 Å². The van der Waals surface area contributed by atoms with E-state index in [4.69, 9.17) is 5.73 Å². The standard InChI is InChI=1S/C13H9N3O2/c14-8-3-4-10-11(6-8)13(18)16(12(10)17)9-2-1-5-15-7-9/h1-7H,14H2. The third-order valence-electron chi connectivity index (χ3n) is 2.81. The fourth-order valence-corrected chi connectivity index (χ4v) is 1.98. The van der Waals surface area contributed by atoms with Gasteiger partial charge >= 0.3 is 0 Å². The molecule has 0 aliphatic carbocycles. The molecular weight excluding hydrogens is 230 g/mol. The average molecular weight is 239 g/mol. The molecule has 2 aromatic rings. The largest absolute Gasteiger partial charge is 0.399 e. The predicted molar refractivity (Wildman–Crippen MR) is 66.2 cm³/mol. The fourth-order valence-electron chi connectivity index (χ4n) is 1.98. The maximum absolute atomic E-state index is 12.2. The van der Waals surface area contributed by atoms with Crippen molar-refractivity contribution in [2.24, 2.45) is 0 Å². The number of carbonyl (C=O) groups excluding carboxylic acids is 2. The van der Waals surface area contributed by atoms with Crippen molar-refractivity contribution in [1.29, 1.82) is 0 Å². The van der Waals surface area contributed by atoms with Crippen LogP contribution in [-0.4, -0.2) is 16.8 Å². The third-order valence-corrected chi connectivity index (χ3v) is 2.81. The van der Waals surface area contributed by atoms with Crippen LogP contribution in [0.1, 0.15) is 20.7 Å². The maximum Gasteiger partial charge on any atom is 0.266 e. The van der Waals surface area contributed by atoms with Crippen LogP contribution in [0.3, 0.4) is 0 Å². The zero-order valence-electron chi connectivity index (χ0n) is 9.33. The summed E-state index contributed by atoms with van der Waals surface area (Å²) < 4.78 is 0. The number of imide groups is 1. The number of anilines is 2. The Kier molecular flexibility index (Phi) is 2.13. The average Bonchev–Trinajstić information content (AvgIpc) is 2.63. The third kappa shape index (κ3) is 1.37. The lowest BCUT2D eigenvalue weighted by molar-refractivity contribution is 0.0926. The van der Waals surface area contributed by atoms with E-state index in [-0.39, 0.29) is 11.8 Å². The van der Waals surface area contributed by atoms with Crippen LogP contribution in [0.15, 0.2) is 42.7 Å². The highest BCUT2D eigenvalue weighted by molar-refractivity contribution is 6.34. The van der Waals surface area contributed by atoms with E-state index in [0.29, 0.717) is 22.5 Å². The van der Waals surface area contributed by atoms with Gasteiger partial charge in [-0.1, -0.05) is 0 Å². The van der Waals surface area contributed by atoms with Gasteiger partial charge in [-0.05, 0) is 30.3 Å². The summed E-state index contributed by atoms with van der Waals surface area (Å²) in [5.74, 6) is -0.710. The molecule has 88 valence electrons. The molecule has 2 amide bonds. The molecule has 5 heteroatoms. The van der Waals surface area contributed by atoms with Crippen molar-refractivity contribution in [3.8, 4) is 0 Å². The summed E-state index contributed by atoms with van der Waals surface area (Å²) in [7, 11) is 0. The molecule has 1 aliphatic heterocycles. The smallest absolute Gasteiger partial charge is 0.266 e. The molecule has 3 rings (SSSR count). The summed E-state index contributed by atoms with van der Waals surface area (Å²) in [6, 6.07) is 8.04. The lowest BCUT2D eigenvalue weighted by Crippen LogP contribution is -2.29. The summed E-state index contributed by atoms with van der Waals surface area (Å²) in [5, 5.41) is 0. The van der Waals surface area contributed by atoms with E-state index < -0.39 is 0 Å². The molecule has 0 radical (unpaired) electrons. The number of nitrogens with zero attached hydrogens (tertiary/aromatic N) is 2. The first-order chi connectivity index (χ1) is 8.68. The van der Waals surface area contributed by atoms with E-state index in [9.17, 15) is 9.59 Å². The van der Waals surface area contributed by atoms with E-state index in [1.54, 1.807) is 30.5 Å². The van der Waals surface area contributed by atoms with Gasteiger partial charge in [0.2, 0.25) is 0 Å². The topological polar surface area (TPSA) is 76.3 Å². The molecule has 0 fully saturated rings. The number of rotatable bonds is 1. The van der Waals surface area contributed by atoms with Gasteiger partial charge in [-0.25, -0.2) is 4.90 Å². The molecule has 18 heavy (non-hydrogen) atoms. The SMILES string of the molecule is Nc1ccc2c(c1)C(=O)N(c1cccnc1)C2=O. The zero-order valence-corrected chi connectivity index (χ0v) is 9.33. The summed E-state index contributed by atoms with van der Waals surface area (Å²) in [4.78, 5) is 29.4. The van der Waals surface area contributed by atoms with Gasteiger partial charge in [-0.2, -0.15) is 0 Å². The van der Waals surface area contributed by atoms with E-state index in [1.165, 1.54) is 12.3 Å². The molecule has 0 saturated carbocycles. The number of hydrogen-bond donors (Lipinski definition) is 1. The normalized spacial score (nSPS) is 13.9. The molecule has 1 aromatic heterocycles. The van der Waals surface area contributed by atoms with Crippen molar-refractivity contribution < 1.29 is 9.59 Å². The monoisotopic (exact) mass is 239 g/mol. The molecule has 2 heterocycles. The first-order valence-corrected chi connectivity index (χ1v) is 5.37. The van der Waals surface area contributed by atoms with Crippen LogP contribution in [0, 0.1) is 0 Å². The second-order valence-corrected chi connectivity index (χ2v) is 3.96. The molecule has 0 unspecified atom stereocenters. The Morgan fingerprint density at radius 3 is 2.56 bits per heavy atom. The van der Waals surface area contributed by atoms with Gasteiger partial charge in [-0.3, -0.25) is 14.6 Å². The second kappa shape index (κ2) is 3.66. The molecule has 5 nitrogen and oxygen atoms in total. The van der Waals surface area contributed by atoms with Crippen molar-refractivity contribution in [3.63, 3.8) is 0 Å². The van der Waals surface area contributed by atoms with Crippen molar-refractivity contribution in [3.05, 3.63) is 53.9 Å². The lowest BCUT2D eigenvalue weighted by atomic mass is 10.1. The number of carbonyl (C=O) groups is 2. The molecular formula is C13H9N3O2. The zero-order chi connectivity index (χ0) is 12.7. The van der Waals surface area contributed by atoms with Gasteiger partial charge < -0.3 is 5.73 Å². The number of pyridine rings is 1. The Bertz CT molecular complexity index is 653. The number of amides is 2. The summed E-state index contributed by atoms with van der Waals surface area (Å²) in [6.45, 7) is 0. The Balaban J connectivity index is 2.13. The van der Waals surface area contributed by atoms with Crippen LogP contribution in [-0.2, 0) is 0 Å². The van der Waals surface area contributed by atoms with Gasteiger partial charge in [-0.15, -0.1) is 0 Å². The van der Waals surface area contributed by atoms with Crippen molar-refractivity contribution in [2.45, 2.75) is 0 Å². The Morgan fingerprint density at radius 1 is 1.06 bits per heavy atom.